The summed E-state index contributed by atoms with van der Waals surface area (Å²) in [4.78, 5) is 17.7. The number of nitrogens with zero attached hydrogens (tertiary/aromatic N) is 2. The van der Waals surface area contributed by atoms with E-state index in [1.807, 2.05) is 35.7 Å². The molecule has 0 atom stereocenters. The van der Waals surface area contributed by atoms with Crippen molar-refractivity contribution >= 4 is 33.3 Å². The smallest absolute Gasteiger partial charge is 0.272 e. The highest BCUT2D eigenvalue weighted by molar-refractivity contribution is 7.99. The SMILES string of the molecule is COc1ccc(Cn2c(SCCOc3ccc(F)cc3)nc3ccsc3c2=O)cc1. The third-order valence-electron chi connectivity index (χ3n) is 4.43. The van der Waals surface area contributed by atoms with Gasteiger partial charge in [-0.3, -0.25) is 9.36 Å². The molecule has 4 rings (SSSR count). The van der Waals surface area contributed by atoms with Crippen LogP contribution in [0.15, 0.2) is 69.9 Å². The fourth-order valence-electron chi connectivity index (χ4n) is 2.91. The number of fused-ring (bicyclic) bond motifs is 1. The predicted octanol–water partition coefficient (Wildman–Crippen LogP) is 4.83. The van der Waals surface area contributed by atoms with Crippen molar-refractivity contribution in [3.63, 3.8) is 0 Å². The Hall–Kier alpha value is -2.84. The second-order valence-electron chi connectivity index (χ2n) is 6.42. The highest BCUT2D eigenvalue weighted by Crippen LogP contribution is 2.22. The van der Waals surface area contributed by atoms with Gasteiger partial charge >= 0.3 is 0 Å². The lowest BCUT2D eigenvalue weighted by molar-refractivity contribution is 0.343. The molecule has 0 aliphatic rings. The lowest BCUT2D eigenvalue weighted by Crippen LogP contribution is -2.23. The molecule has 2 aromatic heterocycles. The molecule has 0 N–H and O–H groups in total. The van der Waals surface area contributed by atoms with E-state index in [1.54, 1.807) is 23.8 Å². The number of hydrogen-bond acceptors (Lipinski definition) is 6. The maximum atomic E-state index is 13.1. The second kappa shape index (κ2) is 9.32. The van der Waals surface area contributed by atoms with Crippen LogP contribution in [0.1, 0.15) is 5.56 Å². The Morgan fingerprint density at radius 2 is 1.80 bits per heavy atom. The highest BCUT2D eigenvalue weighted by atomic mass is 32.2. The number of thioether (sulfide) groups is 1. The summed E-state index contributed by atoms with van der Waals surface area (Å²) in [5, 5.41) is 2.52. The molecule has 2 aromatic carbocycles. The van der Waals surface area contributed by atoms with Crippen LogP contribution in [0.5, 0.6) is 11.5 Å². The Morgan fingerprint density at radius 1 is 1.07 bits per heavy atom. The number of hydrogen-bond donors (Lipinski definition) is 0. The number of thiophene rings is 1. The zero-order valence-electron chi connectivity index (χ0n) is 16.2. The third kappa shape index (κ3) is 4.66. The van der Waals surface area contributed by atoms with E-state index >= 15 is 0 Å². The van der Waals surface area contributed by atoms with Crippen LogP contribution in [-0.4, -0.2) is 29.0 Å². The first-order chi connectivity index (χ1) is 14.6. The van der Waals surface area contributed by atoms with E-state index in [-0.39, 0.29) is 11.4 Å². The van der Waals surface area contributed by atoms with E-state index in [1.165, 1.54) is 35.2 Å². The Kier molecular flexibility index (Phi) is 6.35. The zero-order valence-corrected chi connectivity index (χ0v) is 17.8. The monoisotopic (exact) mass is 442 g/mol. The molecule has 5 nitrogen and oxygen atoms in total. The Balaban J connectivity index is 1.52. The topological polar surface area (TPSA) is 53.4 Å². The number of halogens is 1. The molecular formula is C22H19FN2O3S2. The standard InChI is InChI=1S/C22H19FN2O3S2/c1-27-17-6-2-15(3-7-17)14-25-21(26)20-19(10-12-29-20)24-22(25)30-13-11-28-18-8-4-16(23)5-9-18/h2-10,12H,11,13-14H2,1H3. The van der Waals surface area contributed by atoms with Crippen molar-refractivity contribution in [3.05, 3.63) is 81.7 Å². The fourth-order valence-corrected chi connectivity index (χ4v) is 4.50. The van der Waals surface area contributed by atoms with E-state index in [2.05, 4.69) is 4.98 Å². The number of methoxy groups -OCH3 is 1. The van der Waals surface area contributed by atoms with Crippen LogP contribution in [0.25, 0.3) is 10.2 Å². The van der Waals surface area contributed by atoms with Gasteiger partial charge in [-0.05, 0) is 53.4 Å². The van der Waals surface area contributed by atoms with Gasteiger partial charge in [0, 0.05) is 5.75 Å². The van der Waals surface area contributed by atoms with E-state index in [0.717, 1.165) is 11.3 Å². The summed E-state index contributed by atoms with van der Waals surface area (Å²) in [6, 6.07) is 15.4. The number of rotatable bonds is 8. The van der Waals surface area contributed by atoms with Gasteiger partial charge in [-0.2, -0.15) is 0 Å². The average Bonchev–Trinajstić information content (AvgIpc) is 3.24. The van der Waals surface area contributed by atoms with Gasteiger partial charge < -0.3 is 9.47 Å². The molecule has 0 spiro atoms. The average molecular weight is 443 g/mol. The van der Waals surface area contributed by atoms with Crippen LogP contribution in [0.2, 0.25) is 0 Å². The molecule has 2 heterocycles. The van der Waals surface area contributed by atoms with Crippen LogP contribution in [-0.2, 0) is 6.54 Å². The Bertz CT molecular complexity index is 1190. The van der Waals surface area contributed by atoms with Crippen LogP contribution in [0.4, 0.5) is 4.39 Å². The lowest BCUT2D eigenvalue weighted by atomic mass is 10.2. The summed E-state index contributed by atoms with van der Waals surface area (Å²) in [5.41, 5.74) is 1.64. The van der Waals surface area contributed by atoms with Gasteiger partial charge in [-0.25, -0.2) is 9.37 Å². The lowest BCUT2D eigenvalue weighted by Gasteiger charge is -2.13. The highest BCUT2D eigenvalue weighted by Gasteiger charge is 2.13. The fraction of sp³-hybridized carbons (Fsp3) is 0.182. The van der Waals surface area contributed by atoms with Gasteiger partial charge in [-0.15, -0.1) is 11.3 Å². The van der Waals surface area contributed by atoms with Crippen molar-refractivity contribution in [2.75, 3.05) is 19.5 Å². The molecule has 0 aliphatic carbocycles. The van der Waals surface area contributed by atoms with Crippen molar-refractivity contribution in [1.29, 1.82) is 0 Å². The molecule has 0 saturated carbocycles. The summed E-state index contributed by atoms with van der Waals surface area (Å²) in [6.07, 6.45) is 0. The summed E-state index contributed by atoms with van der Waals surface area (Å²) in [6.45, 7) is 0.835. The summed E-state index contributed by atoms with van der Waals surface area (Å²) < 4.78 is 26.2. The minimum Gasteiger partial charge on any atom is -0.497 e. The maximum absolute atomic E-state index is 13.1. The zero-order chi connectivity index (χ0) is 20.9. The quantitative estimate of drug-likeness (QED) is 0.222. The van der Waals surface area contributed by atoms with Gasteiger partial charge in [0.2, 0.25) is 0 Å². The Labute approximate surface area is 181 Å². The first-order valence-electron chi connectivity index (χ1n) is 9.26. The van der Waals surface area contributed by atoms with Crippen LogP contribution in [0, 0.1) is 5.82 Å². The van der Waals surface area contributed by atoms with E-state index < -0.39 is 0 Å². The van der Waals surface area contributed by atoms with Crippen molar-refractivity contribution in [1.82, 2.24) is 9.55 Å². The predicted molar refractivity (Wildman–Crippen MR) is 119 cm³/mol. The molecule has 0 aliphatic heterocycles. The van der Waals surface area contributed by atoms with Crippen molar-refractivity contribution in [2.24, 2.45) is 0 Å². The van der Waals surface area contributed by atoms with Crippen molar-refractivity contribution in [3.8, 4) is 11.5 Å². The molecule has 0 unspecified atom stereocenters. The van der Waals surface area contributed by atoms with Crippen molar-refractivity contribution in [2.45, 2.75) is 11.7 Å². The molecule has 0 radical (unpaired) electrons. The molecule has 30 heavy (non-hydrogen) atoms. The van der Waals surface area contributed by atoms with Gasteiger partial charge in [-0.1, -0.05) is 23.9 Å². The normalized spacial score (nSPS) is 11.0. The minimum absolute atomic E-state index is 0.0484. The molecule has 154 valence electrons. The first-order valence-corrected chi connectivity index (χ1v) is 11.1. The first kappa shape index (κ1) is 20.4. The van der Waals surface area contributed by atoms with E-state index in [0.29, 0.717) is 40.0 Å². The summed E-state index contributed by atoms with van der Waals surface area (Å²) >= 11 is 2.86. The largest absolute Gasteiger partial charge is 0.497 e. The molecule has 0 bridgehead atoms. The number of benzene rings is 2. The molecule has 0 saturated heterocycles. The third-order valence-corrected chi connectivity index (χ3v) is 6.26. The van der Waals surface area contributed by atoms with Gasteiger partial charge in [0.05, 0.1) is 25.8 Å². The molecule has 0 amide bonds. The van der Waals surface area contributed by atoms with E-state index in [9.17, 15) is 9.18 Å². The van der Waals surface area contributed by atoms with Gasteiger partial charge in [0.15, 0.2) is 5.16 Å². The van der Waals surface area contributed by atoms with Gasteiger partial charge in [0.25, 0.3) is 5.56 Å². The van der Waals surface area contributed by atoms with Gasteiger partial charge in [0.1, 0.15) is 22.0 Å². The van der Waals surface area contributed by atoms with Crippen LogP contribution < -0.4 is 15.0 Å². The summed E-state index contributed by atoms with van der Waals surface area (Å²) in [5.74, 6) is 1.68. The minimum atomic E-state index is -0.299. The number of aromatic nitrogens is 2. The van der Waals surface area contributed by atoms with Crippen LogP contribution >= 0.6 is 23.1 Å². The van der Waals surface area contributed by atoms with Crippen molar-refractivity contribution < 1.29 is 13.9 Å². The maximum Gasteiger partial charge on any atom is 0.272 e. The molecular weight excluding hydrogens is 423 g/mol. The Morgan fingerprint density at radius 3 is 2.53 bits per heavy atom. The number of ether oxygens (including phenoxy) is 2. The molecule has 4 aromatic rings. The van der Waals surface area contributed by atoms with Crippen LogP contribution in [0.3, 0.4) is 0 Å². The summed E-state index contributed by atoms with van der Waals surface area (Å²) in [7, 11) is 1.62. The van der Waals surface area contributed by atoms with E-state index in [4.69, 9.17) is 9.47 Å². The molecule has 0 fully saturated rings. The molecule has 8 heteroatoms. The second-order valence-corrected chi connectivity index (χ2v) is 8.40.